The lowest BCUT2D eigenvalue weighted by Crippen LogP contribution is -2.34. The van der Waals surface area contributed by atoms with Gasteiger partial charge in [0.05, 0.1) is 0 Å². The zero-order valence-corrected chi connectivity index (χ0v) is 11.8. The average Bonchev–Trinajstić information content (AvgIpc) is 2.52. The van der Waals surface area contributed by atoms with Gasteiger partial charge in [-0.3, -0.25) is 4.79 Å². The topological polar surface area (TPSA) is 23.6 Å². The van der Waals surface area contributed by atoms with Gasteiger partial charge in [-0.05, 0) is 38.2 Å². The molecule has 1 aromatic rings. The molecule has 0 saturated carbocycles. The van der Waals surface area contributed by atoms with Crippen molar-refractivity contribution in [2.45, 2.75) is 6.42 Å². The Bertz CT molecular complexity index is 430. The molecule has 1 heterocycles. The number of amides is 1. The van der Waals surface area contributed by atoms with Crippen LogP contribution in [0.1, 0.15) is 16.8 Å². The van der Waals surface area contributed by atoms with Gasteiger partial charge >= 0.3 is 0 Å². The minimum absolute atomic E-state index is 0.00898. The van der Waals surface area contributed by atoms with Crippen LogP contribution in [0.15, 0.2) is 18.2 Å². The highest BCUT2D eigenvalue weighted by atomic mass is 35.5. The maximum absolute atomic E-state index is 12.4. The molecule has 0 bridgehead atoms. The van der Waals surface area contributed by atoms with Gasteiger partial charge in [0.2, 0.25) is 0 Å². The molecule has 0 spiro atoms. The van der Waals surface area contributed by atoms with E-state index in [9.17, 15) is 4.79 Å². The number of hydrogen-bond acceptors (Lipinski definition) is 2. The summed E-state index contributed by atoms with van der Waals surface area (Å²) in [6.45, 7) is 3.47. The lowest BCUT2D eigenvalue weighted by atomic mass is 10.2. The molecule has 1 saturated heterocycles. The van der Waals surface area contributed by atoms with Crippen molar-refractivity contribution in [2.75, 3.05) is 33.2 Å². The highest BCUT2D eigenvalue weighted by Crippen LogP contribution is 2.20. The molecule has 2 rings (SSSR count). The Hall–Kier alpha value is -0.770. The van der Waals surface area contributed by atoms with E-state index in [1.54, 1.807) is 18.2 Å². The normalized spacial score (nSPS) is 17.6. The third kappa shape index (κ3) is 3.37. The lowest BCUT2D eigenvalue weighted by Gasteiger charge is -2.20. The van der Waals surface area contributed by atoms with Gasteiger partial charge in [0.15, 0.2) is 0 Å². The van der Waals surface area contributed by atoms with Crippen molar-refractivity contribution in [1.29, 1.82) is 0 Å². The van der Waals surface area contributed by atoms with Gasteiger partial charge in [-0.1, -0.05) is 23.2 Å². The van der Waals surface area contributed by atoms with E-state index in [1.165, 1.54) is 0 Å². The number of benzene rings is 1. The monoisotopic (exact) mass is 286 g/mol. The zero-order chi connectivity index (χ0) is 13.1. The van der Waals surface area contributed by atoms with Gasteiger partial charge < -0.3 is 9.80 Å². The van der Waals surface area contributed by atoms with Crippen molar-refractivity contribution in [3.63, 3.8) is 0 Å². The van der Waals surface area contributed by atoms with E-state index in [1.807, 2.05) is 4.90 Å². The molecule has 1 aliphatic heterocycles. The molecule has 98 valence electrons. The number of rotatable bonds is 1. The Balaban J connectivity index is 2.14. The first-order valence-corrected chi connectivity index (χ1v) is 6.76. The van der Waals surface area contributed by atoms with E-state index in [4.69, 9.17) is 23.2 Å². The smallest absolute Gasteiger partial charge is 0.254 e. The van der Waals surface area contributed by atoms with E-state index in [0.29, 0.717) is 15.6 Å². The summed E-state index contributed by atoms with van der Waals surface area (Å²) in [6, 6.07) is 4.98. The quantitative estimate of drug-likeness (QED) is 0.793. The van der Waals surface area contributed by atoms with Crippen LogP contribution in [-0.2, 0) is 0 Å². The van der Waals surface area contributed by atoms with Crippen molar-refractivity contribution in [1.82, 2.24) is 9.80 Å². The molecule has 0 unspecified atom stereocenters. The van der Waals surface area contributed by atoms with E-state index < -0.39 is 0 Å². The fourth-order valence-electron chi connectivity index (χ4n) is 2.11. The fraction of sp³-hybridized carbons (Fsp3) is 0.462. The van der Waals surface area contributed by atoms with E-state index in [0.717, 1.165) is 32.6 Å². The molecular formula is C13H16Cl2N2O. The van der Waals surface area contributed by atoms with Crippen molar-refractivity contribution in [2.24, 2.45) is 0 Å². The summed E-state index contributed by atoms with van der Waals surface area (Å²) < 4.78 is 0. The molecule has 0 radical (unpaired) electrons. The predicted octanol–water partition coefficient (Wildman–Crippen LogP) is 2.77. The molecular weight excluding hydrogens is 271 g/mol. The van der Waals surface area contributed by atoms with Gasteiger partial charge in [0, 0.05) is 35.2 Å². The Morgan fingerprint density at radius 2 is 1.72 bits per heavy atom. The average molecular weight is 287 g/mol. The second-order valence-electron chi connectivity index (χ2n) is 4.61. The van der Waals surface area contributed by atoms with Gasteiger partial charge in [-0.2, -0.15) is 0 Å². The first kappa shape index (κ1) is 13.7. The molecule has 5 heteroatoms. The SMILES string of the molecule is CN1CCCN(C(=O)c2cc(Cl)cc(Cl)c2)CC1. The first-order chi connectivity index (χ1) is 8.56. The van der Waals surface area contributed by atoms with Crippen LogP contribution in [0.2, 0.25) is 10.0 Å². The summed E-state index contributed by atoms with van der Waals surface area (Å²) in [5, 5.41) is 0.996. The Morgan fingerprint density at radius 3 is 2.39 bits per heavy atom. The zero-order valence-electron chi connectivity index (χ0n) is 10.3. The third-order valence-corrected chi connectivity index (χ3v) is 3.55. The van der Waals surface area contributed by atoms with Crippen LogP contribution in [0.3, 0.4) is 0 Å². The molecule has 0 aromatic heterocycles. The fourth-order valence-corrected chi connectivity index (χ4v) is 2.64. The molecule has 0 atom stereocenters. The Labute approximate surface area is 117 Å². The second-order valence-corrected chi connectivity index (χ2v) is 5.48. The highest BCUT2D eigenvalue weighted by molar-refractivity contribution is 6.35. The first-order valence-electron chi connectivity index (χ1n) is 6.00. The van der Waals surface area contributed by atoms with Crippen LogP contribution in [-0.4, -0.2) is 48.9 Å². The van der Waals surface area contributed by atoms with Crippen molar-refractivity contribution >= 4 is 29.1 Å². The molecule has 1 aliphatic rings. The summed E-state index contributed by atoms with van der Waals surface area (Å²) in [7, 11) is 2.07. The van der Waals surface area contributed by atoms with Crippen molar-refractivity contribution in [3.05, 3.63) is 33.8 Å². The summed E-state index contributed by atoms with van der Waals surface area (Å²) in [5.41, 5.74) is 0.567. The number of carbonyl (C=O) groups excluding carboxylic acids is 1. The number of nitrogens with zero attached hydrogens (tertiary/aromatic N) is 2. The van der Waals surface area contributed by atoms with E-state index in [2.05, 4.69) is 11.9 Å². The summed E-state index contributed by atoms with van der Waals surface area (Å²) in [4.78, 5) is 16.5. The molecule has 1 amide bonds. The summed E-state index contributed by atoms with van der Waals surface area (Å²) in [6.07, 6.45) is 0.997. The number of halogens is 2. The Morgan fingerprint density at radius 1 is 1.06 bits per heavy atom. The highest BCUT2D eigenvalue weighted by Gasteiger charge is 2.19. The van der Waals surface area contributed by atoms with Gasteiger partial charge in [-0.15, -0.1) is 0 Å². The van der Waals surface area contributed by atoms with Gasteiger partial charge in [0.25, 0.3) is 5.91 Å². The second kappa shape index (κ2) is 5.91. The van der Waals surface area contributed by atoms with E-state index >= 15 is 0 Å². The van der Waals surface area contributed by atoms with Crippen molar-refractivity contribution < 1.29 is 4.79 Å². The third-order valence-electron chi connectivity index (χ3n) is 3.12. The number of carbonyl (C=O) groups is 1. The van der Waals surface area contributed by atoms with Crippen LogP contribution in [0.4, 0.5) is 0 Å². The van der Waals surface area contributed by atoms with Crippen molar-refractivity contribution in [3.8, 4) is 0 Å². The summed E-state index contributed by atoms with van der Waals surface area (Å²) in [5.74, 6) is 0.00898. The lowest BCUT2D eigenvalue weighted by molar-refractivity contribution is 0.0763. The maximum atomic E-state index is 12.4. The largest absolute Gasteiger partial charge is 0.337 e. The van der Waals surface area contributed by atoms with Gasteiger partial charge in [-0.25, -0.2) is 0 Å². The summed E-state index contributed by atoms with van der Waals surface area (Å²) >= 11 is 11.9. The number of likely N-dealkylation sites (N-methyl/N-ethyl adjacent to an activating group) is 1. The van der Waals surface area contributed by atoms with Crippen LogP contribution in [0.25, 0.3) is 0 Å². The molecule has 0 N–H and O–H groups in total. The standard InChI is InChI=1S/C13H16Cl2N2O/c1-16-3-2-4-17(6-5-16)13(18)10-7-11(14)9-12(15)8-10/h7-9H,2-6H2,1H3. The minimum atomic E-state index is 0.00898. The molecule has 1 aromatic carbocycles. The predicted molar refractivity (Wildman–Crippen MR) is 74.5 cm³/mol. The minimum Gasteiger partial charge on any atom is -0.337 e. The van der Waals surface area contributed by atoms with Crippen LogP contribution in [0.5, 0.6) is 0 Å². The van der Waals surface area contributed by atoms with Gasteiger partial charge in [0.1, 0.15) is 0 Å². The Kier molecular flexibility index (Phi) is 4.49. The van der Waals surface area contributed by atoms with E-state index in [-0.39, 0.29) is 5.91 Å². The van der Waals surface area contributed by atoms with Crippen LogP contribution in [0, 0.1) is 0 Å². The molecule has 3 nitrogen and oxygen atoms in total. The molecule has 0 aliphatic carbocycles. The molecule has 1 fully saturated rings. The van der Waals surface area contributed by atoms with Crippen LogP contribution >= 0.6 is 23.2 Å². The molecule has 18 heavy (non-hydrogen) atoms. The maximum Gasteiger partial charge on any atom is 0.254 e. The number of hydrogen-bond donors (Lipinski definition) is 0. The van der Waals surface area contributed by atoms with Crippen LogP contribution < -0.4 is 0 Å².